The number of anilines is 1. The zero-order valence-electron chi connectivity index (χ0n) is 15.2. The van der Waals surface area contributed by atoms with Gasteiger partial charge in [-0.2, -0.15) is 0 Å². The number of rotatable bonds is 4. The van der Waals surface area contributed by atoms with E-state index in [2.05, 4.69) is 5.32 Å². The largest absolute Gasteiger partial charge is 0.454 e. The molecule has 2 aromatic carbocycles. The van der Waals surface area contributed by atoms with E-state index in [1.54, 1.807) is 31.2 Å². The van der Waals surface area contributed by atoms with Gasteiger partial charge >= 0.3 is 5.97 Å². The zero-order valence-corrected chi connectivity index (χ0v) is 15.2. The normalized spacial score (nSPS) is 17.7. The van der Waals surface area contributed by atoms with Gasteiger partial charge in [0, 0.05) is 11.3 Å². The van der Waals surface area contributed by atoms with Crippen molar-refractivity contribution >= 4 is 23.3 Å². The van der Waals surface area contributed by atoms with E-state index in [4.69, 9.17) is 4.74 Å². The number of nitrogens with one attached hydrogen (secondary N) is 1. The second-order valence-corrected chi connectivity index (χ2v) is 7.20. The highest BCUT2D eigenvalue weighted by Gasteiger charge is 2.27. The highest BCUT2D eigenvalue weighted by Crippen LogP contribution is 2.32. The van der Waals surface area contributed by atoms with Gasteiger partial charge in [0.1, 0.15) is 0 Å². The number of benzene rings is 2. The van der Waals surface area contributed by atoms with Crippen molar-refractivity contribution in [2.75, 3.05) is 11.9 Å². The first-order valence-electron chi connectivity index (χ1n) is 9.30. The standard InChI is InChI=1S/C22H21NO4/c1-13-18-11-16(8-9-19(18)23-21(13)25)20(24)12-27-22(26)17-7-6-14-4-2-3-5-15(14)10-17/h6-11,13H,2-5,12H2,1H3,(H,23,25)/t13-/m0/s1. The number of hydrogen-bond acceptors (Lipinski definition) is 4. The van der Waals surface area contributed by atoms with E-state index in [0.717, 1.165) is 30.5 Å². The molecule has 1 amide bonds. The van der Waals surface area contributed by atoms with Gasteiger partial charge in [0.2, 0.25) is 5.91 Å². The summed E-state index contributed by atoms with van der Waals surface area (Å²) in [7, 11) is 0. The Hall–Kier alpha value is -2.95. The first-order valence-corrected chi connectivity index (χ1v) is 9.30. The van der Waals surface area contributed by atoms with E-state index >= 15 is 0 Å². The van der Waals surface area contributed by atoms with Crippen LogP contribution in [-0.4, -0.2) is 24.3 Å². The number of hydrogen-bond donors (Lipinski definition) is 1. The lowest BCUT2D eigenvalue weighted by molar-refractivity contribution is -0.116. The molecule has 0 fully saturated rings. The lowest BCUT2D eigenvalue weighted by atomic mass is 9.90. The van der Waals surface area contributed by atoms with Gasteiger partial charge in [0.15, 0.2) is 12.4 Å². The summed E-state index contributed by atoms with van der Waals surface area (Å²) in [6, 6.07) is 10.7. The second kappa shape index (κ2) is 6.99. The highest BCUT2D eigenvalue weighted by atomic mass is 16.5. The molecular weight excluding hydrogens is 342 g/mol. The van der Waals surface area contributed by atoms with Gasteiger partial charge < -0.3 is 10.1 Å². The van der Waals surface area contributed by atoms with Crippen LogP contribution in [0.1, 0.15) is 63.1 Å². The number of amides is 1. The number of aryl methyl sites for hydroxylation is 2. The molecule has 5 heteroatoms. The van der Waals surface area contributed by atoms with Crippen LogP contribution in [0.5, 0.6) is 0 Å². The number of ketones is 1. The second-order valence-electron chi connectivity index (χ2n) is 7.20. The molecule has 2 aromatic rings. The van der Waals surface area contributed by atoms with Crippen LogP contribution in [0.2, 0.25) is 0 Å². The van der Waals surface area contributed by atoms with Crippen molar-refractivity contribution in [3.05, 3.63) is 64.2 Å². The average Bonchev–Trinajstić information content (AvgIpc) is 2.98. The van der Waals surface area contributed by atoms with Crippen molar-refractivity contribution in [1.82, 2.24) is 0 Å². The van der Waals surface area contributed by atoms with Gasteiger partial charge in [-0.3, -0.25) is 9.59 Å². The third-order valence-corrected chi connectivity index (χ3v) is 5.41. The topological polar surface area (TPSA) is 72.5 Å². The third-order valence-electron chi connectivity index (χ3n) is 5.41. The van der Waals surface area contributed by atoms with Gasteiger partial charge in [0.25, 0.3) is 0 Å². The van der Waals surface area contributed by atoms with Crippen LogP contribution < -0.4 is 5.32 Å². The SMILES string of the molecule is C[C@@H]1C(=O)Nc2ccc(C(=O)COC(=O)c3ccc4c(c3)CCCC4)cc21. The van der Waals surface area contributed by atoms with Gasteiger partial charge in [0.05, 0.1) is 11.5 Å². The molecule has 1 atom stereocenters. The van der Waals surface area contributed by atoms with Crippen LogP contribution in [-0.2, 0) is 22.4 Å². The molecule has 0 saturated heterocycles. The molecule has 138 valence electrons. The fourth-order valence-electron chi connectivity index (χ4n) is 3.75. The Bertz CT molecular complexity index is 947. The lowest BCUT2D eigenvalue weighted by Gasteiger charge is -2.16. The maximum Gasteiger partial charge on any atom is 0.338 e. The molecule has 0 bridgehead atoms. The first kappa shape index (κ1) is 17.5. The van der Waals surface area contributed by atoms with Crippen molar-refractivity contribution in [2.24, 2.45) is 0 Å². The van der Waals surface area contributed by atoms with Crippen LogP contribution in [0, 0.1) is 0 Å². The summed E-state index contributed by atoms with van der Waals surface area (Å²) in [4.78, 5) is 36.5. The number of carbonyl (C=O) groups is 3. The van der Waals surface area contributed by atoms with E-state index in [1.165, 1.54) is 17.5 Å². The number of carbonyl (C=O) groups excluding carboxylic acids is 3. The predicted molar refractivity (Wildman–Crippen MR) is 101 cm³/mol. The molecule has 5 nitrogen and oxygen atoms in total. The number of esters is 1. The summed E-state index contributed by atoms with van der Waals surface area (Å²) >= 11 is 0. The molecule has 2 aliphatic rings. The van der Waals surface area contributed by atoms with Crippen LogP contribution in [0.4, 0.5) is 5.69 Å². The molecule has 0 spiro atoms. The summed E-state index contributed by atoms with van der Waals surface area (Å²) in [5.74, 6) is -1.13. The molecule has 1 aliphatic carbocycles. The minimum atomic E-state index is -0.483. The molecule has 4 rings (SSSR count). The van der Waals surface area contributed by atoms with Gasteiger partial charge in [-0.05, 0) is 79.6 Å². The summed E-state index contributed by atoms with van der Waals surface area (Å²) < 4.78 is 5.23. The molecular formula is C22H21NO4. The molecule has 1 aliphatic heterocycles. The molecule has 0 unspecified atom stereocenters. The van der Waals surface area contributed by atoms with E-state index < -0.39 is 5.97 Å². The van der Waals surface area contributed by atoms with Gasteiger partial charge in [-0.25, -0.2) is 4.79 Å². The van der Waals surface area contributed by atoms with Crippen LogP contribution in [0.25, 0.3) is 0 Å². The fourth-order valence-corrected chi connectivity index (χ4v) is 3.75. The molecule has 27 heavy (non-hydrogen) atoms. The quantitative estimate of drug-likeness (QED) is 0.665. The fraction of sp³-hybridized carbons (Fsp3) is 0.318. The Morgan fingerprint density at radius 2 is 1.78 bits per heavy atom. The van der Waals surface area contributed by atoms with E-state index in [0.29, 0.717) is 11.1 Å². The summed E-state index contributed by atoms with van der Waals surface area (Å²) in [6.45, 7) is 1.48. The lowest BCUT2D eigenvalue weighted by Crippen LogP contribution is -2.15. The Morgan fingerprint density at radius 3 is 2.59 bits per heavy atom. The molecule has 0 radical (unpaired) electrons. The molecule has 1 N–H and O–H groups in total. The van der Waals surface area contributed by atoms with E-state index in [-0.39, 0.29) is 24.2 Å². The average molecular weight is 363 g/mol. The van der Waals surface area contributed by atoms with Crippen molar-refractivity contribution in [3.63, 3.8) is 0 Å². The van der Waals surface area contributed by atoms with Crippen LogP contribution in [0.3, 0.4) is 0 Å². The third kappa shape index (κ3) is 3.37. The Balaban J connectivity index is 1.42. The smallest absolute Gasteiger partial charge is 0.338 e. The maximum atomic E-state index is 12.4. The number of fused-ring (bicyclic) bond motifs is 2. The van der Waals surface area contributed by atoms with Crippen molar-refractivity contribution < 1.29 is 19.1 Å². The number of ether oxygens (including phenoxy) is 1. The Labute approximate surface area is 157 Å². The van der Waals surface area contributed by atoms with Crippen molar-refractivity contribution in [2.45, 2.75) is 38.5 Å². The monoisotopic (exact) mass is 363 g/mol. The minimum absolute atomic E-state index is 0.0755. The predicted octanol–water partition coefficient (Wildman–Crippen LogP) is 3.66. The van der Waals surface area contributed by atoms with Crippen molar-refractivity contribution in [1.29, 1.82) is 0 Å². The Kier molecular flexibility index (Phi) is 4.52. The minimum Gasteiger partial charge on any atom is -0.454 e. The summed E-state index contributed by atoms with van der Waals surface area (Å²) in [6.07, 6.45) is 4.36. The maximum absolute atomic E-state index is 12.4. The van der Waals surface area contributed by atoms with Gasteiger partial charge in [-0.15, -0.1) is 0 Å². The Morgan fingerprint density at radius 1 is 1.04 bits per heavy atom. The van der Waals surface area contributed by atoms with E-state index in [1.807, 2.05) is 12.1 Å². The molecule has 0 saturated carbocycles. The zero-order chi connectivity index (χ0) is 19.0. The van der Waals surface area contributed by atoms with Gasteiger partial charge in [-0.1, -0.05) is 6.07 Å². The van der Waals surface area contributed by atoms with E-state index in [9.17, 15) is 14.4 Å². The molecule has 1 heterocycles. The van der Waals surface area contributed by atoms with Crippen LogP contribution >= 0.6 is 0 Å². The molecule has 0 aromatic heterocycles. The summed E-state index contributed by atoms with van der Waals surface area (Å²) in [5.41, 5.74) is 4.95. The first-order chi connectivity index (χ1) is 13.0. The highest BCUT2D eigenvalue weighted by molar-refractivity contribution is 6.05. The van der Waals surface area contributed by atoms with Crippen LogP contribution in [0.15, 0.2) is 36.4 Å². The van der Waals surface area contributed by atoms with Crippen molar-refractivity contribution in [3.8, 4) is 0 Å². The number of Topliss-reactive ketones (excluding diaryl/α,β-unsaturated/α-hetero) is 1. The summed E-state index contributed by atoms with van der Waals surface area (Å²) in [5, 5.41) is 2.77.